The van der Waals surface area contributed by atoms with Gasteiger partial charge < -0.3 is 0 Å². The molecule has 0 unspecified atom stereocenters. The van der Waals surface area contributed by atoms with Crippen molar-refractivity contribution in [3.63, 3.8) is 0 Å². The van der Waals surface area contributed by atoms with Crippen LogP contribution < -0.4 is 0 Å². The normalized spacial score (nSPS) is 12.0. The fraction of sp³-hybridized carbons (Fsp3) is 1.00. The molecule has 56 valence electrons. The minimum atomic E-state index is -0.184. The molecule has 0 bridgehead atoms. The Morgan fingerprint density at radius 3 is 2.33 bits per heavy atom. The summed E-state index contributed by atoms with van der Waals surface area (Å²) in [5.74, 6) is 0. The van der Waals surface area contributed by atoms with Gasteiger partial charge >= 0.3 is 0 Å². The quantitative estimate of drug-likeness (QED) is 0.607. The van der Waals surface area contributed by atoms with Crippen LogP contribution in [0.25, 0.3) is 0 Å². The summed E-state index contributed by atoms with van der Waals surface area (Å²) in [4.78, 5) is 0. The second-order valence-electron chi connectivity index (χ2n) is 3.09. The molecular weight excluding hydrogens is 183 g/mol. The van der Waals surface area contributed by atoms with E-state index in [0.717, 1.165) is 11.8 Å². The molecule has 0 aliphatic rings. The molecule has 0 spiro atoms. The third-order valence-electron chi connectivity index (χ3n) is 1.35. The molecule has 0 aliphatic heterocycles. The zero-order valence-corrected chi connectivity index (χ0v) is 7.67. The third-order valence-corrected chi connectivity index (χ3v) is 2.87. The predicted molar refractivity (Wildman–Crippen MR) is 42.8 cm³/mol. The van der Waals surface area contributed by atoms with Crippen LogP contribution in [-0.2, 0) is 0 Å². The highest BCUT2D eigenvalue weighted by Crippen LogP contribution is 2.24. The van der Waals surface area contributed by atoms with Gasteiger partial charge in [-0.25, -0.2) is 0 Å². The van der Waals surface area contributed by atoms with Crippen molar-refractivity contribution in [2.24, 2.45) is 5.41 Å². The number of hydrogen-bond acceptors (Lipinski definition) is 0. The average Bonchev–Trinajstić information content (AvgIpc) is 1.84. The Morgan fingerprint density at radius 2 is 2.00 bits per heavy atom. The van der Waals surface area contributed by atoms with Crippen molar-refractivity contribution < 1.29 is 4.39 Å². The maximum atomic E-state index is 11.6. The van der Waals surface area contributed by atoms with E-state index in [1.807, 2.05) is 0 Å². The van der Waals surface area contributed by atoms with Gasteiger partial charge in [0.25, 0.3) is 0 Å². The van der Waals surface area contributed by atoms with Crippen molar-refractivity contribution in [1.29, 1.82) is 0 Å². The van der Waals surface area contributed by atoms with Gasteiger partial charge in [0.2, 0.25) is 0 Å². The highest BCUT2D eigenvalue weighted by atomic mass is 79.9. The van der Waals surface area contributed by atoms with Crippen LogP contribution in [-0.4, -0.2) is 12.0 Å². The van der Waals surface area contributed by atoms with Crippen LogP contribution in [0.5, 0.6) is 0 Å². The fourth-order valence-corrected chi connectivity index (χ4v) is 0.893. The fourth-order valence-electron chi connectivity index (χ4n) is 0.612. The first-order valence-electron chi connectivity index (χ1n) is 3.24. The summed E-state index contributed by atoms with van der Waals surface area (Å²) in [6, 6.07) is 0. The minimum Gasteiger partial charge on any atom is -0.251 e. The summed E-state index contributed by atoms with van der Waals surface area (Å²) in [6.45, 7) is 4.09. The van der Waals surface area contributed by atoms with Gasteiger partial charge in [-0.3, -0.25) is 4.39 Å². The van der Waals surface area contributed by atoms with E-state index >= 15 is 0 Å². The van der Waals surface area contributed by atoms with Gasteiger partial charge in [-0.2, -0.15) is 0 Å². The van der Waals surface area contributed by atoms with Crippen LogP contribution in [0.3, 0.4) is 0 Å². The molecule has 0 saturated heterocycles. The molecule has 2 heteroatoms. The zero-order valence-electron chi connectivity index (χ0n) is 6.08. The van der Waals surface area contributed by atoms with Crippen molar-refractivity contribution >= 4 is 15.9 Å². The van der Waals surface area contributed by atoms with Crippen LogP contribution in [0.15, 0.2) is 0 Å². The van der Waals surface area contributed by atoms with Crippen LogP contribution >= 0.6 is 15.9 Å². The lowest BCUT2D eigenvalue weighted by molar-refractivity contribution is 0.342. The summed E-state index contributed by atoms with van der Waals surface area (Å²) >= 11 is 3.38. The minimum absolute atomic E-state index is 0.184. The molecule has 0 atom stereocenters. The standard InChI is InChI=1S/C7H14BrF/c1-7(2,6-8)4-3-5-9/h3-6H2,1-2H3. The molecule has 0 saturated carbocycles. The van der Waals surface area contributed by atoms with Gasteiger partial charge in [0.05, 0.1) is 6.67 Å². The Morgan fingerprint density at radius 1 is 1.44 bits per heavy atom. The Bertz CT molecular complexity index is 71.3. The number of halogens is 2. The van der Waals surface area contributed by atoms with Crippen molar-refractivity contribution in [2.45, 2.75) is 26.7 Å². The first kappa shape index (κ1) is 9.41. The number of alkyl halides is 2. The summed E-state index contributed by atoms with van der Waals surface area (Å²) < 4.78 is 11.6. The highest BCUT2D eigenvalue weighted by Gasteiger charge is 2.14. The van der Waals surface area contributed by atoms with Crippen molar-refractivity contribution in [1.82, 2.24) is 0 Å². The molecule has 0 rings (SSSR count). The average molecular weight is 197 g/mol. The van der Waals surface area contributed by atoms with E-state index < -0.39 is 0 Å². The van der Waals surface area contributed by atoms with Gasteiger partial charge in [-0.1, -0.05) is 29.8 Å². The second-order valence-corrected chi connectivity index (χ2v) is 3.65. The van der Waals surface area contributed by atoms with E-state index in [-0.39, 0.29) is 12.1 Å². The lowest BCUT2D eigenvalue weighted by Gasteiger charge is -2.19. The molecule has 0 radical (unpaired) electrons. The molecule has 0 amide bonds. The first-order valence-corrected chi connectivity index (χ1v) is 4.36. The van der Waals surface area contributed by atoms with Crippen LogP contribution in [0.4, 0.5) is 4.39 Å². The van der Waals surface area contributed by atoms with Crippen LogP contribution in [0.1, 0.15) is 26.7 Å². The van der Waals surface area contributed by atoms with Gasteiger partial charge in [0.1, 0.15) is 0 Å². The van der Waals surface area contributed by atoms with E-state index in [4.69, 9.17) is 0 Å². The summed E-state index contributed by atoms with van der Waals surface area (Å²) in [7, 11) is 0. The Balaban J connectivity index is 3.33. The molecule has 9 heavy (non-hydrogen) atoms. The topological polar surface area (TPSA) is 0 Å². The van der Waals surface area contributed by atoms with Gasteiger partial charge in [-0.05, 0) is 18.3 Å². The van der Waals surface area contributed by atoms with Crippen molar-refractivity contribution in [3.8, 4) is 0 Å². The van der Waals surface area contributed by atoms with Crippen molar-refractivity contribution in [2.75, 3.05) is 12.0 Å². The molecule has 0 aromatic rings. The summed E-state index contributed by atoms with van der Waals surface area (Å²) in [6.07, 6.45) is 1.66. The summed E-state index contributed by atoms with van der Waals surface area (Å²) in [5.41, 5.74) is 0.270. The van der Waals surface area contributed by atoms with Crippen LogP contribution in [0.2, 0.25) is 0 Å². The third kappa shape index (κ3) is 4.89. The lowest BCUT2D eigenvalue weighted by Crippen LogP contribution is -2.12. The lowest BCUT2D eigenvalue weighted by atomic mass is 9.91. The first-order chi connectivity index (χ1) is 4.12. The molecule has 0 aliphatic carbocycles. The molecule has 0 heterocycles. The van der Waals surface area contributed by atoms with E-state index in [1.54, 1.807) is 0 Å². The number of hydrogen-bond donors (Lipinski definition) is 0. The molecule has 0 aromatic heterocycles. The second kappa shape index (κ2) is 4.26. The molecule has 0 fully saturated rings. The molecular formula is C7H14BrF. The van der Waals surface area contributed by atoms with E-state index in [9.17, 15) is 4.39 Å². The monoisotopic (exact) mass is 196 g/mol. The molecule has 0 N–H and O–H groups in total. The Hall–Kier alpha value is 0.410. The van der Waals surface area contributed by atoms with Crippen molar-refractivity contribution in [3.05, 3.63) is 0 Å². The Labute approximate surface area is 65.0 Å². The predicted octanol–water partition coefficient (Wildman–Crippen LogP) is 3.16. The van der Waals surface area contributed by atoms with Gasteiger partial charge in [-0.15, -0.1) is 0 Å². The smallest absolute Gasteiger partial charge is 0.0894 e. The van der Waals surface area contributed by atoms with E-state index in [0.29, 0.717) is 6.42 Å². The summed E-state index contributed by atoms with van der Waals surface area (Å²) in [5, 5.41) is 0.958. The maximum absolute atomic E-state index is 11.6. The molecule has 0 nitrogen and oxygen atoms in total. The largest absolute Gasteiger partial charge is 0.251 e. The Kier molecular flexibility index (Phi) is 4.46. The van der Waals surface area contributed by atoms with Crippen LogP contribution in [0, 0.1) is 5.41 Å². The highest BCUT2D eigenvalue weighted by molar-refractivity contribution is 9.09. The zero-order chi connectivity index (χ0) is 7.33. The molecule has 0 aromatic carbocycles. The number of rotatable bonds is 4. The SMILES string of the molecule is CC(C)(CBr)CCCF. The van der Waals surface area contributed by atoms with E-state index in [2.05, 4.69) is 29.8 Å². The van der Waals surface area contributed by atoms with Gasteiger partial charge in [0.15, 0.2) is 0 Å². The maximum Gasteiger partial charge on any atom is 0.0894 e. The van der Waals surface area contributed by atoms with Gasteiger partial charge in [0, 0.05) is 5.33 Å². The van der Waals surface area contributed by atoms with E-state index in [1.165, 1.54) is 0 Å².